The monoisotopic (exact) mass is 412 g/mol. The van der Waals surface area contributed by atoms with Crippen molar-refractivity contribution in [3.63, 3.8) is 0 Å². The molecule has 4 saturated carbocycles. The van der Waals surface area contributed by atoms with E-state index in [1.807, 2.05) is 26.2 Å². The van der Waals surface area contributed by atoms with Gasteiger partial charge in [0, 0.05) is 11.6 Å². The van der Waals surface area contributed by atoms with Crippen LogP contribution in [0.3, 0.4) is 0 Å². The van der Waals surface area contributed by atoms with Crippen LogP contribution in [0.1, 0.15) is 70.8 Å². The van der Waals surface area contributed by atoms with Crippen molar-refractivity contribution in [1.82, 2.24) is 9.78 Å². The van der Waals surface area contributed by atoms with Gasteiger partial charge in [0.05, 0.1) is 17.9 Å². The highest BCUT2D eigenvalue weighted by Gasteiger charge is 2.79. The van der Waals surface area contributed by atoms with Crippen molar-refractivity contribution in [2.24, 2.45) is 35.0 Å². The van der Waals surface area contributed by atoms with Crippen LogP contribution in [0.2, 0.25) is 0 Å². The Morgan fingerprint density at radius 3 is 2.77 bits per heavy atom. The molecule has 0 radical (unpaired) electrons. The largest absolute Gasteiger partial charge is 0.390 e. The Labute approximate surface area is 179 Å². The fraction of sp³-hybridized carbons (Fsp3) is 0.840. The van der Waals surface area contributed by atoms with Gasteiger partial charge in [0.1, 0.15) is 6.54 Å². The van der Waals surface area contributed by atoms with E-state index in [2.05, 4.69) is 12.0 Å². The van der Waals surface area contributed by atoms with Crippen molar-refractivity contribution in [2.45, 2.75) is 96.0 Å². The number of ketones is 1. The van der Waals surface area contributed by atoms with Gasteiger partial charge in [-0.3, -0.25) is 9.48 Å². The van der Waals surface area contributed by atoms with E-state index in [0.29, 0.717) is 18.4 Å². The number of Topliss-reactive ketones (excluding diaryl/α,β-unsaturated/α-hetero) is 1. The normalized spacial score (nSPS) is 51.5. The van der Waals surface area contributed by atoms with Gasteiger partial charge in [0.15, 0.2) is 11.4 Å². The summed E-state index contributed by atoms with van der Waals surface area (Å²) in [6.07, 6.45) is 13.0. The van der Waals surface area contributed by atoms with Crippen LogP contribution >= 0.6 is 0 Å². The third-order valence-corrected chi connectivity index (χ3v) is 10.1. The highest BCUT2D eigenvalue weighted by atomic mass is 16.6. The van der Waals surface area contributed by atoms with E-state index in [0.717, 1.165) is 49.0 Å². The van der Waals surface area contributed by atoms with Crippen LogP contribution in [0.4, 0.5) is 0 Å². The molecule has 164 valence electrons. The van der Waals surface area contributed by atoms with Gasteiger partial charge in [-0.1, -0.05) is 6.92 Å². The Bertz CT molecular complexity index is 877. The third-order valence-electron chi connectivity index (χ3n) is 10.1. The minimum Gasteiger partial charge on any atom is -0.390 e. The topological polar surface area (TPSA) is 67.7 Å². The molecule has 1 aromatic heterocycles. The number of fused-ring (bicyclic) bond motifs is 7. The molecule has 1 N–H and O–H groups in total. The zero-order valence-electron chi connectivity index (χ0n) is 18.6. The smallest absolute Gasteiger partial charge is 0.189 e. The van der Waals surface area contributed by atoms with Crippen LogP contribution < -0.4 is 0 Å². The minimum absolute atomic E-state index is 0.0227. The number of carbonyl (C=O) groups excluding carboxylic acids is 1. The number of nitrogens with zero attached hydrogens (tertiary/aromatic N) is 2. The molecule has 0 unspecified atom stereocenters. The quantitative estimate of drug-likeness (QED) is 0.765. The standard InChI is InChI=1S/C25H36N2O3/c1-15-12-26-27(13-15)14-21(28)25-22(30-25)10-20-19-5-4-16-11-23(2,29)8-6-17(16)18(19)7-9-24(20,25)3/h12-13,16-20,22,29H,4-11,14H2,1-3H3/t16-,17+,18-,19-,20+,22-,23-,24+,25-/m1/s1. The summed E-state index contributed by atoms with van der Waals surface area (Å²) in [5.41, 5.74) is 0.0509. The predicted molar refractivity (Wildman–Crippen MR) is 113 cm³/mol. The molecule has 9 atom stereocenters. The second kappa shape index (κ2) is 6.19. The van der Waals surface area contributed by atoms with E-state index in [9.17, 15) is 9.90 Å². The molecule has 0 amide bonds. The summed E-state index contributed by atoms with van der Waals surface area (Å²) in [7, 11) is 0. The molecule has 4 aliphatic carbocycles. The molecule has 1 saturated heterocycles. The molecule has 2 heterocycles. The van der Waals surface area contributed by atoms with E-state index >= 15 is 0 Å². The number of aliphatic hydroxyl groups is 1. The molecular formula is C25H36N2O3. The summed E-state index contributed by atoms with van der Waals surface area (Å²) in [6, 6.07) is 0. The Morgan fingerprint density at radius 1 is 1.20 bits per heavy atom. The van der Waals surface area contributed by atoms with Crippen molar-refractivity contribution < 1.29 is 14.6 Å². The molecule has 5 heteroatoms. The van der Waals surface area contributed by atoms with E-state index in [1.165, 1.54) is 25.7 Å². The number of aromatic nitrogens is 2. The first kappa shape index (κ1) is 19.5. The summed E-state index contributed by atoms with van der Waals surface area (Å²) < 4.78 is 8.03. The van der Waals surface area contributed by atoms with Crippen molar-refractivity contribution in [1.29, 1.82) is 0 Å². The third kappa shape index (κ3) is 2.54. The van der Waals surface area contributed by atoms with Gasteiger partial charge < -0.3 is 9.84 Å². The minimum atomic E-state index is -0.560. The molecule has 0 aromatic carbocycles. The zero-order valence-corrected chi connectivity index (χ0v) is 18.6. The van der Waals surface area contributed by atoms with Crippen molar-refractivity contribution in [3.05, 3.63) is 18.0 Å². The number of ether oxygens (including phenoxy) is 1. The molecule has 6 rings (SSSR count). The average Bonchev–Trinajstić information content (AvgIpc) is 3.20. The lowest BCUT2D eigenvalue weighted by Crippen LogP contribution is -2.54. The summed E-state index contributed by atoms with van der Waals surface area (Å²) in [6.45, 7) is 6.74. The molecule has 5 fully saturated rings. The number of aryl methyl sites for hydroxylation is 1. The molecule has 0 spiro atoms. The van der Waals surface area contributed by atoms with Gasteiger partial charge in [0.2, 0.25) is 0 Å². The van der Waals surface area contributed by atoms with Crippen LogP contribution in [0.15, 0.2) is 12.4 Å². The maximum absolute atomic E-state index is 13.5. The summed E-state index contributed by atoms with van der Waals surface area (Å²) in [4.78, 5) is 13.5. The van der Waals surface area contributed by atoms with Crippen molar-refractivity contribution in [2.75, 3.05) is 0 Å². The van der Waals surface area contributed by atoms with Gasteiger partial charge in [-0.05, 0) is 100 Å². The molecule has 5 aliphatic rings. The fourth-order valence-corrected chi connectivity index (χ4v) is 8.82. The van der Waals surface area contributed by atoms with Crippen LogP contribution in [0, 0.1) is 41.9 Å². The van der Waals surface area contributed by atoms with E-state index in [4.69, 9.17) is 4.74 Å². The average molecular weight is 413 g/mol. The van der Waals surface area contributed by atoms with E-state index in [-0.39, 0.29) is 17.3 Å². The van der Waals surface area contributed by atoms with E-state index in [1.54, 1.807) is 4.68 Å². The van der Waals surface area contributed by atoms with Gasteiger partial charge in [-0.15, -0.1) is 0 Å². The van der Waals surface area contributed by atoms with Crippen LogP contribution in [0.5, 0.6) is 0 Å². The lowest BCUT2D eigenvalue weighted by Gasteiger charge is -2.57. The highest BCUT2D eigenvalue weighted by Crippen LogP contribution is 2.72. The number of epoxide rings is 1. The Kier molecular flexibility index (Phi) is 4.02. The summed E-state index contributed by atoms with van der Waals surface area (Å²) in [5.74, 6) is 3.86. The highest BCUT2D eigenvalue weighted by molar-refractivity contribution is 5.92. The van der Waals surface area contributed by atoms with Gasteiger partial charge in [0.25, 0.3) is 0 Å². The van der Waals surface area contributed by atoms with Crippen molar-refractivity contribution in [3.8, 4) is 0 Å². The first-order valence-electron chi connectivity index (χ1n) is 12.2. The second-order valence-corrected chi connectivity index (χ2v) is 11.8. The Hall–Kier alpha value is -1.20. The van der Waals surface area contributed by atoms with Crippen LogP contribution in [0.25, 0.3) is 0 Å². The lowest BCUT2D eigenvalue weighted by molar-refractivity contribution is -0.143. The molecule has 30 heavy (non-hydrogen) atoms. The summed E-state index contributed by atoms with van der Waals surface area (Å²) in [5, 5.41) is 14.9. The molecule has 1 aromatic rings. The first-order valence-corrected chi connectivity index (χ1v) is 12.2. The first-order chi connectivity index (χ1) is 14.2. The lowest BCUT2D eigenvalue weighted by atomic mass is 9.48. The maximum Gasteiger partial charge on any atom is 0.189 e. The van der Waals surface area contributed by atoms with Gasteiger partial charge in [-0.25, -0.2) is 0 Å². The maximum atomic E-state index is 13.5. The Balaban J connectivity index is 1.23. The Morgan fingerprint density at radius 2 is 2.00 bits per heavy atom. The molecule has 1 aliphatic heterocycles. The predicted octanol–water partition coefficient (Wildman–Crippen LogP) is 3.91. The second-order valence-electron chi connectivity index (χ2n) is 11.8. The number of hydrogen-bond acceptors (Lipinski definition) is 4. The van der Waals surface area contributed by atoms with Crippen LogP contribution in [-0.2, 0) is 16.1 Å². The summed E-state index contributed by atoms with van der Waals surface area (Å²) >= 11 is 0. The van der Waals surface area contributed by atoms with Gasteiger partial charge >= 0.3 is 0 Å². The molecular weight excluding hydrogens is 376 g/mol. The number of carbonyl (C=O) groups is 1. The number of hydrogen-bond donors (Lipinski definition) is 1. The van der Waals surface area contributed by atoms with Gasteiger partial charge in [-0.2, -0.15) is 5.10 Å². The van der Waals surface area contributed by atoms with E-state index < -0.39 is 11.2 Å². The van der Waals surface area contributed by atoms with Crippen LogP contribution in [-0.4, -0.2) is 38.0 Å². The molecule has 0 bridgehead atoms. The fourth-order valence-electron chi connectivity index (χ4n) is 8.82. The van der Waals surface area contributed by atoms with Crippen molar-refractivity contribution >= 4 is 5.78 Å². The SMILES string of the molecule is Cc1cnn(CC(=O)[C@@]23O[C@@H]2C[C@H]2[C@@H]4CC[C@@H]5C[C@](C)(O)CC[C@@H]5[C@H]4CC[C@@]23C)c1. The zero-order chi connectivity index (χ0) is 20.9. The number of rotatable bonds is 3. The molecule has 5 nitrogen and oxygen atoms in total.